The minimum Gasteiger partial charge on any atom is -0.478 e. The van der Waals surface area contributed by atoms with E-state index >= 15 is 0 Å². The van der Waals surface area contributed by atoms with Crippen molar-refractivity contribution in [1.82, 2.24) is 15.0 Å². The number of rotatable bonds is 4. The van der Waals surface area contributed by atoms with Crippen LogP contribution in [0.3, 0.4) is 0 Å². The summed E-state index contributed by atoms with van der Waals surface area (Å²) in [6.07, 6.45) is 1.31. The molecule has 8 heteroatoms. The summed E-state index contributed by atoms with van der Waals surface area (Å²) in [6, 6.07) is 1.74. The van der Waals surface area contributed by atoms with Gasteiger partial charge in [-0.05, 0) is 19.9 Å². The molecule has 0 aliphatic carbocycles. The first kappa shape index (κ1) is 16.4. The van der Waals surface area contributed by atoms with E-state index in [2.05, 4.69) is 33.7 Å². The maximum Gasteiger partial charge on any atom is 0.337 e. The van der Waals surface area contributed by atoms with Crippen LogP contribution in [0.25, 0.3) is 11.2 Å². The third kappa shape index (κ3) is 3.09. The van der Waals surface area contributed by atoms with Crippen molar-refractivity contribution < 1.29 is 14.6 Å². The van der Waals surface area contributed by atoms with E-state index in [-0.39, 0.29) is 11.6 Å². The predicted molar refractivity (Wildman–Crippen MR) is 90.9 cm³/mol. The molecule has 3 rings (SSSR count). The highest BCUT2D eigenvalue weighted by Crippen LogP contribution is 2.28. The highest BCUT2D eigenvalue weighted by atomic mass is 16.5. The van der Waals surface area contributed by atoms with Crippen molar-refractivity contribution >= 4 is 28.8 Å². The summed E-state index contributed by atoms with van der Waals surface area (Å²) in [4.78, 5) is 28.8. The molecular weight excluding hydrogens is 310 g/mol. The number of pyridine rings is 1. The lowest BCUT2D eigenvalue weighted by atomic mass is 10.2. The average Bonchev–Trinajstić information content (AvgIpc) is 2.60. The summed E-state index contributed by atoms with van der Waals surface area (Å²) >= 11 is 0. The first-order chi connectivity index (χ1) is 11.5. The van der Waals surface area contributed by atoms with E-state index in [0.717, 1.165) is 24.7 Å². The number of nitrogens with zero attached hydrogens (tertiary/aromatic N) is 5. The standard InChI is InChI=1S/C16H21N5O3/c1-10(2)20(3)14-15(21-4-6-24-7-5-21)19-13-12(18-14)8-11(9-17-13)16(22)23/h8-10H,4-7H2,1-3H3,(H,22,23). The summed E-state index contributed by atoms with van der Waals surface area (Å²) < 4.78 is 5.41. The molecule has 1 aliphatic rings. The van der Waals surface area contributed by atoms with Crippen LogP contribution in [-0.4, -0.2) is 65.4 Å². The number of morpholine rings is 1. The summed E-state index contributed by atoms with van der Waals surface area (Å²) in [6.45, 7) is 6.92. The second kappa shape index (κ2) is 6.56. The average molecular weight is 331 g/mol. The first-order valence-corrected chi connectivity index (χ1v) is 7.94. The Balaban J connectivity index is 2.14. The fraction of sp³-hybridized carbons (Fsp3) is 0.500. The molecule has 0 amide bonds. The summed E-state index contributed by atoms with van der Waals surface area (Å²) in [5.41, 5.74) is 1.03. The van der Waals surface area contributed by atoms with Crippen molar-refractivity contribution in [3.63, 3.8) is 0 Å². The zero-order valence-corrected chi connectivity index (χ0v) is 14.1. The maximum absolute atomic E-state index is 11.2. The zero-order valence-electron chi connectivity index (χ0n) is 14.1. The van der Waals surface area contributed by atoms with Crippen molar-refractivity contribution in [2.24, 2.45) is 0 Å². The molecular formula is C16H21N5O3. The fourth-order valence-corrected chi connectivity index (χ4v) is 2.51. The molecule has 2 aromatic rings. The van der Waals surface area contributed by atoms with Gasteiger partial charge < -0.3 is 19.6 Å². The van der Waals surface area contributed by atoms with E-state index in [9.17, 15) is 4.79 Å². The van der Waals surface area contributed by atoms with Gasteiger partial charge in [-0.15, -0.1) is 0 Å². The maximum atomic E-state index is 11.2. The van der Waals surface area contributed by atoms with Gasteiger partial charge in [-0.2, -0.15) is 0 Å². The largest absolute Gasteiger partial charge is 0.478 e. The van der Waals surface area contributed by atoms with Crippen LogP contribution < -0.4 is 9.80 Å². The third-order valence-electron chi connectivity index (χ3n) is 4.15. The van der Waals surface area contributed by atoms with Crippen LogP contribution in [-0.2, 0) is 4.74 Å². The lowest BCUT2D eigenvalue weighted by molar-refractivity contribution is 0.0696. The Morgan fingerprint density at radius 3 is 2.67 bits per heavy atom. The van der Waals surface area contributed by atoms with Crippen LogP contribution in [0.5, 0.6) is 0 Å². The minimum atomic E-state index is -1.03. The van der Waals surface area contributed by atoms with Gasteiger partial charge in [-0.3, -0.25) is 0 Å². The number of aromatic carboxylic acids is 1. The summed E-state index contributed by atoms with van der Waals surface area (Å²) in [7, 11) is 1.96. The summed E-state index contributed by atoms with van der Waals surface area (Å²) in [5, 5.41) is 9.15. The molecule has 0 spiro atoms. The number of aromatic nitrogens is 3. The molecule has 3 heterocycles. The van der Waals surface area contributed by atoms with Crippen molar-refractivity contribution in [3.8, 4) is 0 Å². The van der Waals surface area contributed by atoms with Gasteiger partial charge in [-0.25, -0.2) is 19.7 Å². The van der Waals surface area contributed by atoms with Gasteiger partial charge in [0, 0.05) is 32.4 Å². The van der Waals surface area contributed by atoms with Gasteiger partial charge in [0.1, 0.15) is 5.52 Å². The van der Waals surface area contributed by atoms with Gasteiger partial charge in [0.2, 0.25) is 0 Å². The second-order valence-corrected chi connectivity index (χ2v) is 6.05. The molecule has 0 saturated carbocycles. The lowest BCUT2D eigenvalue weighted by Gasteiger charge is -2.32. The van der Waals surface area contributed by atoms with E-state index in [1.165, 1.54) is 12.3 Å². The van der Waals surface area contributed by atoms with Crippen molar-refractivity contribution in [2.75, 3.05) is 43.2 Å². The number of carboxylic acid groups (broad SMARTS) is 1. The number of fused-ring (bicyclic) bond motifs is 1. The predicted octanol–water partition coefficient (Wildman–Crippen LogP) is 1.40. The number of hydrogen-bond donors (Lipinski definition) is 1. The van der Waals surface area contributed by atoms with E-state index in [0.29, 0.717) is 24.4 Å². The van der Waals surface area contributed by atoms with Crippen molar-refractivity contribution in [2.45, 2.75) is 19.9 Å². The second-order valence-electron chi connectivity index (χ2n) is 6.05. The molecule has 128 valence electrons. The van der Waals surface area contributed by atoms with E-state index < -0.39 is 5.97 Å². The Hall–Kier alpha value is -2.48. The van der Waals surface area contributed by atoms with Gasteiger partial charge in [0.15, 0.2) is 17.3 Å². The number of hydrogen-bond acceptors (Lipinski definition) is 7. The van der Waals surface area contributed by atoms with Crippen LogP contribution in [0.1, 0.15) is 24.2 Å². The smallest absolute Gasteiger partial charge is 0.337 e. The molecule has 24 heavy (non-hydrogen) atoms. The first-order valence-electron chi connectivity index (χ1n) is 7.94. The number of anilines is 2. The molecule has 0 bridgehead atoms. The van der Waals surface area contributed by atoms with Gasteiger partial charge in [0.05, 0.1) is 18.8 Å². The molecule has 2 aromatic heterocycles. The van der Waals surface area contributed by atoms with Crippen molar-refractivity contribution in [3.05, 3.63) is 17.8 Å². The van der Waals surface area contributed by atoms with Crippen LogP contribution >= 0.6 is 0 Å². The third-order valence-corrected chi connectivity index (χ3v) is 4.15. The molecule has 1 fully saturated rings. The highest BCUT2D eigenvalue weighted by Gasteiger charge is 2.22. The van der Waals surface area contributed by atoms with Gasteiger partial charge >= 0.3 is 5.97 Å². The SMILES string of the molecule is CC(C)N(C)c1nc2cc(C(=O)O)cnc2nc1N1CCOCC1. The van der Waals surface area contributed by atoms with Crippen molar-refractivity contribution in [1.29, 1.82) is 0 Å². The molecule has 0 radical (unpaired) electrons. The van der Waals surface area contributed by atoms with Crippen LogP contribution in [0.15, 0.2) is 12.3 Å². The van der Waals surface area contributed by atoms with Gasteiger partial charge in [0.25, 0.3) is 0 Å². The molecule has 8 nitrogen and oxygen atoms in total. The topological polar surface area (TPSA) is 91.7 Å². The lowest BCUT2D eigenvalue weighted by Crippen LogP contribution is -2.39. The molecule has 0 atom stereocenters. The Bertz CT molecular complexity index is 759. The van der Waals surface area contributed by atoms with E-state index in [4.69, 9.17) is 9.84 Å². The zero-order chi connectivity index (χ0) is 17.3. The Labute approximate surface area is 140 Å². The Kier molecular flexibility index (Phi) is 4.48. The number of carboxylic acids is 1. The quantitative estimate of drug-likeness (QED) is 0.899. The Morgan fingerprint density at radius 1 is 1.33 bits per heavy atom. The van der Waals surface area contributed by atoms with Crippen LogP contribution in [0, 0.1) is 0 Å². The normalized spacial score (nSPS) is 15.1. The molecule has 0 aromatic carbocycles. The van der Waals surface area contributed by atoms with Gasteiger partial charge in [-0.1, -0.05) is 0 Å². The molecule has 0 unspecified atom stereocenters. The minimum absolute atomic E-state index is 0.106. The number of carbonyl (C=O) groups is 1. The molecule has 1 aliphatic heterocycles. The molecule has 1 saturated heterocycles. The van der Waals surface area contributed by atoms with Crippen LogP contribution in [0.2, 0.25) is 0 Å². The van der Waals surface area contributed by atoms with E-state index in [1.807, 2.05) is 11.9 Å². The van der Waals surface area contributed by atoms with Crippen LogP contribution in [0.4, 0.5) is 11.6 Å². The number of ether oxygens (including phenoxy) is 1. The fourth-order valence-electron chi connectivity index (χ4n) is 2.51. The Morgan fingerprint density at radius 2 is 2.04 bits per heavy atom. The van der Waals surface area contributed by atoms with E-state index in [1.54, 1.807) is 0 Å². The molecule has 1 N–H and O–H groups in total. The highest BCUT2D eigenvalue weighted by molar-refractivity contribution is 5.91. The summed E-state index contributed by atoms with van der Waals surface area (Å²) in [5.74, 6) is 0.462. The monoisotopic (exact) mass is 331 g/mol.